The quantitative estimate of drug-likeness (QED) is 0.854. The first-order valence-corrected chi connectivity index (χ1v) is 7.25. The zero-order valence-electron chi connectivity index (χ0n) is 9.58. The van der Waals surface area contributed by atoms with Crippen molar-refractivity contribution < 1.29 is 23.1 Å². The van der Waals surface area contributed by atoms with Crippen LogP contribution in [-0.2, 0) is 26.0 Å². The minimum Gasteiger partial charge on any atom is -0.481 e. The number of sulfonamides is 1. The number of hydrogen-bond acceptors (Lipinski definition) is 6. The van der Waals surface area contributed by atoms with Crippen molar-refractivity contribution >= 4 is 38.4 Å². The van der Waals surface area contributed by atoms with E-state index in [0.717, 1.165) is 11.3 Å². The van der Waals surface area contributed by atoms with Crippen LogP contribution in [0.15, 0.2) is 5.38 Å². The molecule has 1 aromatic heterocycles. The lowest BCUT2D eigenvalue weighted by Gasteiger charge is -2.41. The maximum absolute atomic E-state index is 11.9. The van der Waals surface area contributed by atoms with Gasteiger partial charge >= 0.3 is 5.97 Å². The summed E-state index contributed by atoms with van der Waals surface area (Å²) in [5.41, 5.74) is 0.232. The van der Waals surface area contributed by atoms with E-state index in [0.29, 0.717) is 4.31 Å². The van der Waals surface area contributed by atoms with Gasteiger partial charge in [-0.05, 0) is 13.8 Å². The van der Waals surface area contributed by atoms with Crippen LogP contribution in [0.2, 0.25) is 0 Å². The van der Waals surface area contributed by atoms with Gasteiger partial charge in [-0.2, -0.15) is 4.31 Å². The molecule has 0 aliphatic carbocycles. The van der Waals surface area contributed by atoms with E-state index in [2.05, 4.69) is 4.98 Å². The Labute approximate surface area is 107 Å². The van der Waals surface area contributed by atoms with Gasteiger partial charge in [-0.15, -0.1) is 11.3 Å². The highest BCUT2D eigenvalue weighted by Gasteiger charge is 2.61. The summed E-state index contributed by atoms with van der Waals surface area (Å²) in [6.07, 6.45) is -0.304. The van der Waals surface area contributed by atoms with E-state index in [1.165, 1.54) is 19.2 Å². The Morgan fingerprint density at radius 1 is 1.56 bits per heavy atom. The van der Waals surface area contributed by atoms with E-state index >= 15 is 0 Å². The molecule has 1 N–H and O–H groups in total. The fourth-order valence-electron chi connectivity index (χ4n) is 1.47. The Morgan fingerprint density at radius 3 is 2.67 bits per heavy atom. The van der Waals surface area contributed by atoms with Crippen molar-refractivity contribution in [3.8, 4) is 0 Å². The van der Waals surface area contributed by atoms with Crippen molar-refractivity contribution in [1.82, 2.24) is 4.98 Å². The molecule has 1 saturated heterocycles. The Balaban J connectivity index is 2.32. The van der Waals surface area contributed by atoms with Crippen molar-refractivity contribution in [1.29, 1.82) is 0 Å². The Bertz CT molecular complexity index is 631. The maximum atomic E-state index is 11.9. The average Bonchev–Trinajstić information content (AvgIpc) is 2.64. The predicted octanol–water partition coefficient (Wildman–Crippen LogP) is 0.225. The number of hydrogen-bond donors (Lipinski definition) is 1. The topological polar surface area (TPSA) is 105 Å². The van der Waals surface area contributed by atoms with E-state index in [-0.39, 0.29) is 17.2 Å². The molecule has 1 aromatic rings. The molecule has 2 rings (SSSR count). The van der Waals surface area contributed by atoms with Gasteiger partial charge in [0, 0.05) is 5.38 Å². The van der Waals surface area contributed by atoms with Gasteiger partial charge in [0.2, 0.25) is 5.13 Å². The number of carbonyl (C=O) groups is 2. The standard InChI is InChI=1S/C9H10N2O5S2/c1-9(2)7(14)11(18(9,15)16)8-10-5(4-17-8)3-6(12)13/h4H,3H2,1-2H3,(H,12,13). The highest BCUT2D eigenvalue weighted by atomic mass is 32.2. The Kier molecular flexibility index (Phi) is 2.70. The van der Waals surface area contributed by atoms with E-state index in [4.69, 9.17) is 5.11 Å². The van der Waals surface area contributed by atoms with E-state index in [1.807, 2.05) is 0 Å². The summed E-state index contributed by atoms with van der Waals surface area (Å²) in [7, 11) is -3.73. The van der Waals surface area contributed by atoms with Crippen LogP contribution in [0, 0.1) is 0 Å². The van der Waals surface area contributed by atoms with Gasteiger partial charge in [0.1, 0.15) is 0 Å². The van der Waals surface area contributed by atoms with Crippen molar-refractivity contribution in [2.45, 2.75) is 25.0 Å². The molecule has 0 radical (unpaired) electrons. The summed E-state index contributed by atoms with van der Waals surface area (Å²) in [6, 6.07) is 0. The SMILES string of the molecule is CC1(C)C(=O)N(c2nc(CC(=O)O)cs2)S1(=O)=O. The number of thiazole rings is 1. The largest absolute Gasteiger partial charge is 0.481 e. The average molecular weight is 290 g/mol. The minimum absolute atomic E-state index is 0.00410. The molecule has 0 spiro atoms. The van der Waals surface area contributed by atoms with E-state index in [1.54, 1.807) is 0 Å². The van der Waals surface area contributed by atoms with Gasteiger partial charge in [0.25, 0.3) is 15.9 Å². The Hall–Kier alpha value is -1.48. The monoisotopic (exact) mass is 290 g/mol. The number of rotatable bonds is 3. The molecule has 1 amide bonds. The second-order valence-corrected chi connectivity index (χ2v) is 7.45. The summed E-state index contributed by atoms with van der Waals surface area (Å²) >= 11 is 0.934. The lowest BCUT2D eigenvalue weighted by atomic mass is 10.2. The first-order chi connectivity index (χ1) is 8.18. The van der Waals surface area contributed by atoms with Crippen molar-refractivity contribution in [3.05, 3.63) is 11.1 Å². The number of amides is 1. The maximum Gasteiger partial charge on any atom is 0.309 e. The second-order valence-electron chi connectivity index (χ2n) is 4.28. The lowest BCUT2D eigenvalue weighted by molar-refractivity contribution is -0.136. The highest BCUT2D eigenvalue weighted by molar-refractivity contribution is 7.98. The lowest BCUT2D eigenvalue weighted by Crippen LogP contribution is -2.67. The molecule has 1 fully saturated rings. The zero-order valence-corrected chi connectivity index (χ0v) is 11.2. The minimum atomic E-state index is -3.73. The smallest absolute Gasteiger partial charge is 0.309 e. The van der Waals surface area contributed by atoms with Gasteiger partial charge in [-0.25, -0.2) is 13.4 Å². The van der Waals surface area contributed by atoms with Crippen LogP contribution in [0.5, 0.6) is 0 Å². The summed E-state index contributed by atoms with van der Waals surface area (Å²) < 4.78 is 22.9. The van der Waals surface area contributed by atoms with Crippen LogP contribution < -0.4 is 4.31 Å². The molecule has 7 nitrogen and oxygen atoms in total. The first kappa shape index (κ1) is 13.0. The molecule has 1 aliphatic rings. The number of aliphatic carboxylic acids is 1. The molecule has 0 atom stereocenters. The van der Waals surface area contributed by atoms with Gasteiger partial charge < -0.3 is 5.11 Å². The first-order valence-electron chi connectivity index (χ1n) is 4.93. The molecule has 9 heteroatoms. The van der Waals surface area contributed by atoms with Gasteiger partial charge in [0.15, 0.2) is 4.75 Å². The van der Waals surface area contributed by atoms with Crippen LogP contribution in [-0.4, -0.2) is 35.1 Å². The number of carbonyl (C=O) groups excluding carboxylic acids is 1. The molecule has 1 aliphatic heterocycles. The number of anilines is 1. The van der Waals surface area contributed by atoms with Crippen molar-refractivity contribution in [3.63, 3.8) is 0 Å². The molecule has 0 aromatic carbocycles. The number of aromatic nitrogens is 1. The van der Waals surface area contributed by atoms with Crippen LogP contribution >= 0.6 is 11.3 Å². The van der Waals surface area contributed by atoms with Crippen LogP contribution in [0.25, 0.3) is 0 Å². The molecule has 2 heterocycles. The summed E-state index contributed by atoms with van der Waals surface area (Å²) in [5, 5.41) is 10.0. The molecule has 18 heavy (non-hydrogen) atoms. The van der Waals surface area contributed by atoms with Gasteiger partial charge in [-0.1, -0.05) is 0 Å². The fraction of sp³-hybridized carbons (Fsp3) is 0.444. The molecular weight excluding hydrogens is 280 g/mol. The molecule has 0 unspecified atom stereocenters. The summed E-state index contributed by atoms with van der Waals surface area (Å²) in [5.74, 6) is -1.62. The number of carboxylic acids is 1. The Morgan fingerprint density at radius 2 is 2.17 bits per heavy atom. The third-order valence-electron chi connectivity index (χ3n) is 2.63. The van der Waals surface area contributed by atoms with E-state index in [9.17, 15) is 18.0 Å². The van der Waals surface area contributed by atoms with Crippen LogP contribution in [0.4, 0.5) is 5.13 Å². The number of carboxylic acid groups (broad SMARTS) is 1. The van der Waals surface area contributed by atoms with Gasteiger partial charge in [0.05, 0.1) is 12.1 Å². The van der Waals surface area contributed by atoms with E-state index < -0.39 is 26.6 Å². The molecule has 98 valence electrons. The highest BCUT2D eigenvalue weighted by Crippen LogP contribution is 2.40. The second kappa shape index (κ2) is 3.75. The van der Waals surface area contributed by atoms with Gasteiger partial charge in [-0.3, -0.25) is 9.59 Å². The fourth-order valence-corrected chi connectivity index (χ4v) is 3.95. The third-order valence-corrected chi connectivity index (χ3v) is 5.90. The predicted molar refractivity (Wildman–Crippen MR) is 63.9 cm³/mol. The zero-order chi connectivity index (χ0) is 13.7. The molecule has 0 saturated carbocycles. The summed E-state index contributed by atoms with van der Waals surface area (Å²) in [6.45, 7) is 2.65. The molecular formula is C9H10N2O5S2. The molecule has 0 bridgehead atoms. The third kappa shape index (κ3) is 1.62. The summed E-state index contributed by atoms with van der Waals surface area (Å²) in [4.78, 5) is 26.1. The number of nitrogens with zero attached hydrogens (tertiary/aromatic N) is 2. The van der Waals surface area contributed by atoms with Crippen LogP contribution in [0.1, 0.15) is 19.5 Å². The van der Waals surface area contributed by atoms with Crippen molar-refractivity contribution in [2.24, 2.45) is 0 Å². The normalized spacial score (nSPS) is 20.6. The van der Waals surface area contributed by atoms with Crippen molar-refractivity contribution in [2.75, 3.05) is 4.31 Å². The van der Waals surface area contributed by atoms with Crippen LogP contribution in [0.3, 0.4) is 0 Å².